The van der Waals surface area contributed by atoms with Crippen LogP contribution in [0.25, 0.3) is 0 Å². The summed E-state index contributed by atoms with van der Waals surface area (Å²) in [5.41, 5.74) is -0.0949. The van der Waals surface area contributed by atoms with Crippen molar-refractivity contribution in [3.05, 3.63) is 28.0 Å². The van der Waals surface area contributed by atoms with Gasteiger partial charge in [0.2, 0.25) is 5.91 Å². The molecule has 1 aromatic rings. The molecule has 136 valence electrons. The number of carbonyl (C=O) groups excluding carboxylic acids is 3. The Balaban J connectivity index is 2.16. The zero-order valence-electron chi connectivity index (χ0n) is 14.2. The highest BCUT2D eigenvalue weighted by Gasteiger charge is 2.39. The monoisotopic (exact) mass is 352 g/mol. The number of esters is 2. The Kier molecular flexibility index (Phi) is 5.92. The molecule has 0 saturated carbocycles. The Morgan fingerprint density at radius 2 is 1.96 bits per heavy atom. The summed E-state index contributed by atoms with van der Waals surface area (Å²) in [5, 5.41) is 2.48. The Bertz CT molecular complexity index is 727. The van der Waals surface area contributed by atoms with Gasteiger partial charge in [-0.3, -0.25) is 19.2 Å². The van der Waals surface area contributed by atoms with E-state index in [9.17, 15) is 19.2 Å². The van der Waals surface area contributed by atoms with Crippen molar-refractivity contribution >= 4 is 23.7 Å². The van der Waals surface area contributed by atoms with Gasteiger partial charge in [-0.15, -0.1) is 0 Å². The molecule has 2 N–H and O–H groups in total. The second-order valence-electron chi connectivity index (χ2n) is 5.69. The van der Waals surface area contributed by atoms with Gasteiger partial charge in [-0.1, -0.05) is 0 Å². The standard InChI is InChI=1S/C16H20N2O7/c1-8(19)17-15-5-4-11(16(22)18-15)12-6-13(24-10(3)21)14(25-12)7-23-9(2)20/h4-5,12-14H,6-7H2,1-3H3,(H2,17,18,19,22)/t12-,13+,14-/m1/s1. The second kappa shape index (κ2) is 7.93. The highest BCUT2D eigenvalue weighted by atomic mass is 16.6. The van der Waals surface area contributed by atoms with Crippen molar-refractivity contribution in [2.45, 2.75) is 45.5 Å². The summed E-state index contributed by atoms with van der Waals surface area (Å²) in [6.07, 6.45) is -1.66. The van der Waals surface area contributed by atoms with Crippen LogP contribution in [0.5, 0.6) is 0 Å². The van der Waals surface area contributed by atoms with Crippen molar-refractivity contribution in [2.24, 2.45) is 0 Å². The lowest BCUT2D eigenvalue weighted by Gasteiger charge is -2.17. The van der Waals surface area contributed by atoms with Crippen LogP contribution in [0.15, 0.2) is 16.9 Å². The number of aromatic nitrogens is 1. The fraction of sp³-hybridized carbons (Fsp3) is 0.500. The molecular weight excluding hydrogens is 332 g/mol. The smallest absolute Gasteiger partial charge is 0.302 e. The van der Waals surface area contributed by atoms with Crippen LogP contribution in [0.2, 0.25) is 0 Å². The first kappa shape index (κ1) is 18.7. The van der Waals surface area contributed by atoms with Gasteiger partial charge in [0.05, 0.1) is 6.10 Å². The molecule has 0 unspecified atom stereocenters. The number of carbonyl (C=O) groups is 3. The van der Waals surface area contributed by atoms with Gasteiger partial charge < -0.3 is 24.5 Å². The highest BCUT2D eigenvalue weighted by Crippen LogP contribution is 2.33. The SMILES string of the molecule is CC(=O)Nc1ccc([C@H]2C[C@H](OC(C)=O)[C@@H](COC(C)=O)O2)c(=O)[nH]1. The van der Waals surface area contributed by atoms with Crippen LogP contribution in [0, 0.1) is 0 Å². The Labute approximate surface area is 143 Å². The number of rotatable bonds is 5. The third kappa shape index (κ3) is 5.15. The molecule has 1 aliphatic heterocycles. The molecule has 9 heteroatoms. The number of anilines is 1. The van der Waals surface area contributed by atoms with Crippen LogP contribution in [0.3, 0.4) is 0 Å². The van der Waals surface area contributed by atoms with Gasteiger partial charge in [-0.25, -0.2) is 0 Å². The molecule has 0 bridgehead atoms. The average molecular weight is 352 g/mol. The number of H-pyrrole nitrogens is 1. The number of aromatic amines is 1. The summed E-state index contributed by atoms with van der Waals surface area (Å²) in [6, 6.07) is 3.08. The molecule has 1 amide bonds. The summed E-state index contributed by atoms with van der Waals surface area (Å²) < 4.78 is 15.9. The largest absolute Gasteiger partial charge is 0.463 e. The number of ether oxygens (including phenoxy) is 3. The first-order chi connectivity index (χ1) is 11.8. The zero-order valence-corrected chi connectivity index (χ0v) is 14.2. The van der Waals surface area contributed by atoms with Gasteiger partial charge in [0.25, 0.3) is 5.56 Å². The van der Waals surface area contributed by atoms with Gasteiger partial charge in [-0.2, -0.15) is 0 Å². The molecule has 9 nitrogen and oxygen atoms in total. The highest BCUT2D eigenvalue weighted by molar-refractivity contribution is 5.87. The molecule has 1 aromatic heterocycles. The lowest BCUT2D eigenvalue weighted by Crippen LogP contribution is -2.31. The van der Waals surface area contributed by atoms with Crippen molar-refractivity contribution in [3.8, 4) is 0 Å². The maximum atomic E-state index is 12.2. The van der Waals surface area contributed by atoms with E-state index in [0.717, 1.165) is 0 Å². The minimum atomic E-state index is -0.660. The normalized spacial score (nSPS) is 22.3. The Hall–Kier alpha value is -2.68. The van der Waals surface area contributed by atoms with Crippen molar-refractivity contribution in [2.75, 3.05) is 11.9 Å². The van der Waals surface area contributed by atoms with Gasteiger partial charge in [0, 0.05) is 32.8 Å². The second-order valence-corrected chi connectivity index (χ2v) is 5.69. The number of amides is 1. The van der Waals surface area contributed by atoms with Crippen LogP contribution in [-0.4, -0.2) is 41.6 Å². The summed E-state index contributed by atoms with van der Waals surface area (Å²) >= 11 is 0. The molecule has 1 saturated heterocycles. The number of hydrogen-bond donors (Lipinski definition) is 2. The first-order valence-corrected chi connectivity index (χ1v) is 7.73. The molecule has 3 atom stereocenters. The van der Waals surface area contributed by atoms with Crippen molar-refractivity contribution in [3.63, 3.8) is 0 Å². The van der Waals surface area contributed by atoms with E-state index in [4.69, 9.17) is 14.2 Å². The lowest BCUT2D eigenvalue weighted by molar-refractivity contribution is -0.154. The molecular formula is C16H20N2O7. The van der Waals surface area contributed by atoms with Crippen LogP contribution < -0.4 is 10.9 Å². The van der Waals surface area contributed by atoms with Crippen molar-refractivity contribution in [1.82, 2.24) is 4.98 Å². The van der Waals surface area contributed by atoms with Gasteiger partial charge >= 0.3 is 11.9 Å². The summed E-state index contributed by atoms with van der Waals surface area (Å²) in [4.78, 5) is 48.0. The first-order valence-electron chi connectivity index (χ1n) is 7.73. The fourth-order valence-corrected chi connectivity index (χ4v) is 2.60. The van der Waals surface area contributed by atoms with Gasteiger partial charge in [0.15, 0.2) is 0 Å². The summed E-state index contributed by atoms with van der Waals surface area (Å²) in [6.45, 7) is 3.78. The van der Waals surface area contributed by atoms with E-state index in [0.29, 0.717) is 5.56 Å². The Morgan fingerprint density at radius 3 is 2.52 bits per heavy atom. The number of pyridine rings is 1. The van der Waals surface area contributed by atoms with Crippen LogP contribution >= 0.6 is 0 Å². The molecule has 0 aromatic carbocycles. The van der Waals surface area contributed by atoms with Gasteiger partial charge in [-0.05, 0) is 12.1 Å². The van der Waals surface area contributed by atoms with E-state index >= 15 is 0 Å². The molecule has 25 heavy (non-hydrogen) atoms. The van der Waals surface area contributed by atoms with E-state index in [-0.39, 0.29) is 24.8 Å². The van der Waals surface area contributed by atoms with E-state index in [1.165, 1.54) is 26.8 Å². The van der Waals surface area contributed by atoms with E-state index in [1.54, 1.807) is 6.07 Å². The molecule has 0 radical (unpaired) electrons. The molecule has 1 fully saturated rings. The fourth-order valence-electron chi connectivity index (χ4n) is 2.60. The van der Waals surface area contributed by atoms with Gasteiger partial charge in [0.1, 0.15) is 24.6 Å². The van der Waals surface area contributed by atoms with E-state index < -0.39 is 35.8 Å². The molecule has 1 aliphatic rings. The third-order valence-corrected chi connectivity index (χ3v) is 3.57. The zero-order chi connectivity index (χ0) is 18.6. The minimum Gasteiger partial charge on any atom is -0.463 e. The minimum absolute atomic E-state index is 0.0777. The molecule has 0 spiro atoms. The van der Waals surface area contributed by atoms with Crippen molar-refractivity contribution in [1.29, 1.82) is 0 Å². The van der Waals surface area contributed by atoms with E-state index in [1.807, 2.05) is 0 Å². The lowest BCUT2D eigenvalue weighted by atomic mass is 10.1. The number of hydrogen-bond acceptors (Lipinski definition) is 7. The average Bonchev–Trinajstić information content (AvgIpc) is 2.86. The van der Waals surface area contributed by atoms with E-state index in [2.05, 4.69) is 10.3 Å². The maximum absolute atomic E-state index is 12.2. The summed E-state index contributed by atoms with van der Waals surface area (Å²) in [5.74, 6) is -1.01. The maximum Gasteiger partial charge on any atom is 0.302 e. The van der Waals surface area contributed by atoms with Crippen molar-refractivity contribution < 1.29 is 28.6 Å². The molecule has 2 heterocycles. The third-order valence-electron chi connectivity index (χ3n) is 3.57. The summed E-state index contributed by atoms with van der Waals surface area (Å²) in [7, 11) is 0. The quantitative estimate of drug-likeness (QED) is 0.746. The Morgan fingerprint density at radius 1 is 1.24 bits per heavy atom. The van der Waals surface area contributed by atoms with Crippen LogP contribution in [-0.2, 0) is 28.6 Å². The van der Waals surface area contributed by atoms with Crippen LogP contribution in [0.1, 0.15) is 38.9 Å². The topological polar surface area (TPSA) is 124 Å². The predicted molar refractivity (Wildman–Crippen MR) is 85.8 cm³/mol. The predicted octanol–water partition coefficient (Wildman–Crippen LogP) is 0.658. The molecule has 0 aliphatic carbocycles. The van der Waals surface area contributed by atoms with Crippen LogP contribution in [0.4, 0.5) is 5.82 Å². The molecule has 2 rings (SSSR count). The number of nitrogens with one attached hydrogen (secondary N) is 2.